The number of H-pyrrole nitrogens is 1. The summed E-state index contributed by atoms with van der Waals surface area (Å²) in [6, 6.07) is 2.17. The number of aromatic nitrogens is 1. The highest BCUT2D eigenvalue weighted by molar-refractivity contribution is 5.49. The van der Waals surface area contributed by atoms with E-state index in [1.54, 1.807) is 4.98 Å². The molecule has 0 aliphatic heterocycles. The van der Waals surface area contributed by atoms with Gasteiger partial charge in [0.25, 0.3) is 11.4 Å². The first-order chi connectivity index (χ1) is 8.24. The van der Waals surface area contributed by atoms with Crippen molar-refractivity contribution in [2.24, 2.45) is 0 Å². The van der Waals surface area contributed by atoms with Crippen molar-refractivity contribution in [3.63, 3.8) is 0 Å². The predicted molar refractivity (Wildman–Crippen MR) is 49.7 cm³/mol. The lowest BCUT2D eigenvalue weighted by molar-refractivity contribution is -0.389. The van der Waals surface area contributed by atoms with E-state index < -0.39 is 40.4 Å². The number of alkyl halides is 3. The molecular formula is C8H4F3N3O4. The fraction of sp³-hybridized carbons (Fsp3) is 0.250. The molecule has 1 heterocycles. The summed E-state index contributed by atoms with van der Waals surface area (Å²) in [5, 5.41) is 19.0. The Kier molecular flexibility index (Phi) is 3.55. The molecule has 96 valence electrons. The smallest absolute Gasteiger partial charge is 0.382 e. The van der Waals surface area contributed by atoms with Crippen LogP contribution in [0.3, 0.4) is 0 Å². The van der Waals surface area contributed by atoms with Gasteiger partial charge >= 0.3 is 12.0 Å². The molecule has 1 N–H and O–H groups in total. The molecule has 0 atom stereocenters. The zero-order chi connectivity index (χ0) is 13.9. The second-order valence-corrected chi connectivity index (χ2v) is 2.98. The maximum Gasteiger partial charge on any atom is 0.574 e. The monoisotopic (exact) mass is 263 g/mol. The molecule has 18 heavy (non-hydrogen) atoms. The largest absolute Gasteiger partial charge is 0.574 e. The van der Waals surface area contributed by atoms with E-state index >= 15 is 0 Å². The van der Waals surface area contributed by atoms with Crippen molar-refractivity contribution in [1.82, 2.24) is 4.98 Å². The Labute approximate surface area is 96.6 Å². The van der Waals surface area contributed by atoms with Gasteiger partial charge in [0.15, 0.2) is 0 Å². The summed E-state index contributed by atoms with van der Waals surface area (Å²) in [5.41, 5.74) is -2.58. The van der Waals surface area contributed by atoms with Gasteiger partial charge in [-0.1, -0.05) is 0 Å². The van der Waals surface area contributed by atoms with Crippen LogP contribution in [0, 0.1) is 21.4 Å². The van der Waals surface area contributed by atoms with E-state index in [1.807, 2.05) is 0 Å². The van der Waals surface area contributed by atoms with Gasteiger partial charge in [-0.15, -0.1) is 13.2 Å². The van der Waals surface area contributed by atoms with Gasteiger partial charge in [0, 0.05) is 6.07 Å². The van der Waals surface area contributed by atoms with Crippen molar-refractivity contribution < 1.29 is 22.8 Å². The van der Waals surface area contributed by atoms with Crippen LogP contribution in [0.1, 0.15) is 5.56 Å². The lowest BCUT2D eigenvalue weighted by atomic mass is 10.2. The SMILES string of the molecule is N#CCc1cc(=O)[nH]c(OC(F)(F)F)c1[N+](=O)[O-]. The molecule has 1 rings (SSSR count). The molecule has 0 saturated heterocycles. The first kappa shape index (κ1) is 13.5. The van der Waals surface area contributed by atoms with Gasteiger partial charge in [-0.2, -0.15) is 5.26 Å². The van der Waals surface area contributed by atoms with Gasteiger partial charge in [-0.05, 0) is 0 Å². The molecule has 0 radical (unpaired) electrons. The van der Waals surface area contributed by atoms with Crippen molar-refractivity contribution in [1.29, 1.82) is 5.26 Å². The van der Waals surface area contributed by atoms with Crippen LogP contribution in [0.5, 0.6) is 5.88 Å². The van der Waals surface area contributed by atoms with Crippen molar-refractivity contribution in [3.8, 4) is 11.9 Å². The van der Waals surface area contributed by atoms with Crippen molar-refractivity contribution >= 4 is 5.69 Å². The van der Waals surface area contributed by atoms with Crippen LogP contribution in [0.4, 0.5) is 18.9 Å². The first-order valence-corrected chi connectivity index (χ1v) is 4.28. The Bertz CT molecular complexity index is 572. The van der Waals surface area contributed by atoms with E-state index in [0.29, 0.717) is 6.07 Å². The third kappa shape index (κ3) is 3.21. The second-order valence-electron chi connectivity index (χ2n) is 2.98. The van der Waals surface area contributed by atoms with Crippen molar-refractivity contribution in [3.05, 3.63) is 32.1 Å². The van der Waals surface area contributed by atoms with Gasteiger partial charge in [-0.3, -0.25) is 19.9 Å². The van der Waals surface area contributed by atoms with Crippen LogP contribution in [0.2, 0.25) is 0 Å². The third-order valence-corrected chi connectivity index (χ3v) is 1.73. The molecule has 0 aromatic carbocycles. The molecule has 0 spiro atoms. The van der Waals surface area contributed by atoms with E-state index in [9.17, 15) is 28.1 Å². The highest BCUT2D eigenvalue weighted by atomic mass is 19.4. The predicted octanol–water partition coefficient (Wildman–Crippen LogP) is 1.25. The lowest BCUT2D eigenvalue weighted by Gasteiger charge is -2.09. The van der Waals surface area contributed by atoms with Crippen LogP contribution in [-0.4, -0.2) is 16.3 Å². The Balaban J connectivity index is 3.44. The average Bonchev–Trinajstić information content (AvgIpc) is 2.13. The Hall–Kier alpha value is -2.57. The van der Waals surface area contributed by atoms with E-state index in [2.05, 4.69) is 4.74 Å². The standard InChI is InChI=1S/C8H4F3N3O4/c9-8(10,11)18-7-6(14(16)17)4(1-2-12)3-5(15)13-7/h3H,1H2,(H,13,15). The zero-order valence-electron chi connectivity index (χ0n) is 8.45. The maximum atomic E-state index is 12.0. The Morgan fingerprint density at radius 2 is 2.17 bits per heavy atom. The quantitative estimate of drug-likeness (QED) is 0.651. The third-order valence-electron chi connectivity index (χ3n) is 1.73. The number of pyridine rings is 1. The van der Waals surface area contributed by atoms with Crippen LogP contribution < -0.4 is 10.3 Å². The summed E-state index contributed by atoms with van der Waals surface area (Å²) in [7, 11) is 0. The number of hydrogen-bond donors (Lipinski definition) is 1. The van der Waals surface area contributed by atoms with Crippen molar-refractivity contribution in [2.75, 3.05) is 0 Å². The van der Waals surface area contributed by atoms with E-state index in [-0.39, 0.29) is 0 Å². The molecule has 0 bridgehead atoms. The van der Waals surface area contributed by atoms with Crippen LogP contribution in [0.15, 0.2) is 10.9 Å². The molecule has 10 heteroatoms. The molecule has 0 saturated carbocycles. The summed E-state index contributed by atoms with van der Waals surface area (Å²) >= 11 is 0. The number of ether oxygens (including phenoxy) is 1. The van der Waals surface area contributed by atoms with Gasteiger partial charge < -0.3 is 4.74 Å². The van der Waals surface area contributed by atoms with Gasteiger partial charge in [-0.25, -0.2) is 0 Å². The molecule has 0 aliphatic carbocycles. The molecule has 7 nitrogen and oxygen atoms in total. The summed E-state index contributed by atoms with van der Waals surface area (Å²) in [5.74, 6) is -1.34. The number of halogens is 3. The average molecular weight is 263 g/mol. The topological polar surface area (TPSA) is 109 Å². The fourth-order valence-corrected chi connectivity index (χ4v) is 1.19. The number of nitriles is 1. The minimum absolute atomic E-state index is 0.453. The van der Waals surface area contributed by atoms with Crippen molar-refractivity contribution in [2.45, 2.75) is 12.8 Å². The van der Waals surface area contributed by atoms with E-state index in [4.69, 9.17) is 5.26 Å². The lowest BCUT2D eigenvalue weighted by Crippen LogP contribution is -2.22. The molecule has 0 aliphatic rings. The summed E-state index contributed by atoms with van der Waals surface area (Å²) < 4.78 is 39.4. The number of nitrogens with zero attached hydrogens (tertiary/aromatic N) is 2. The van der Waals surface area contributed by atoms with Crippen LogP contribution in [-0.2, 0) is 6.42 Å². The first-order valence-electron chi connectivity index (χ1n) is 4.28. The number of rotatable bonds is 3. The van der Waals surface area contributed by atoms with Gasteiger partial charge in [0.1, 0.15) is 0 Å². The molecule has 1 aromatic rings. The minimum atomic E-state index is -5.20. The number of nitrogens with one attached hydrogen (secondary N) is 1. The summed E-state index contributed by atoms with van der Waals surface area (Å²) in [4.78, 5) is 22.1. The number of hydrogen-bond acceptors (Lipinski definition) is 5. The molecule has 1 aromatic heterocycles. The van der Waals surface area contributed by atoms with E-state index in [0.717, 1.165) is 0 Å². The summed E-state index contributed by atoms with van der Waals surface area (Å²) in [6.07, 6.45) is -5.78. The molecule has 0 unspecified atom stereocenters. The van der Waals surface area contributed by atoms with Gasteiger partial charge in [0.2, 0.25) is 0 Å². The van der Waals surface area contributed by atoms with Crippen LogP contribution in [0.25, 0.3) is 0 Å². The number of aromatic amines is 1. The Morgan fingerprint density at radius 1 is 1.56 bits per heavy atom. The molecule has 0 amide bonds. The number of nitro groups is 1. The highest BCUT2D eigenvalue weighted by Crippen LogP contribution is 2.31. The fourth-order valence-electron chi connectivity index (χ4n) is 1.19. The second kappa shape index (κ2) is 4.74. The van der Waals surface area contributed by atoms with Crippen LogP contribution >= 0.6 is 0 Å². The highest BCUT2D eigenvalue weighted by Gasteiger charge is 2.36. The minimum Gasteiger partial charge on any atom is -0.382 e. The Morgan fingerprint density at radius 3 is 2.61 bits per heavy atom. The van der Waals surface area contributed by atoms with Gasteiger partial charge in [0.05, 0.1) is 23.0 Å². The van der Waals surface area contributed by atoms with E-state index in [1.165, 1.54) is 6.07 Å². The molecule has 0 fully saturated rings. The zero-order valence-corrected chi connectivity index (χ0v) is 8.45. The maximum absolute atomic E-state index is 12.0. The molecular weight excluding hydrogens is 259 g/mol. The summed E-state index contributed by atoms with van der Waals surface area (Å²) in [6.45, 7) is 0. The normalized spacial score (nSPS) is 10.8.